The van der Waals surface area contributed by atoms with E-state index in [1.54, 1.807) is 56.3 Å². The van der Waals surface area contributed by atoms with Crippen molar-refractivity contribution in [2.24, 2.45) is 0 Å². The van der Waals surface area contributed by atoms with Crippen molar-refractivity contribution in [2.75, 3.05) is 0 Å². The fourth-order valence-corrected chi connectivity index (χ4v) is 2.64. The molecule has 2 aromatic carbocycles. The maximum absolute atomic E-state index is 12.3. The number of phenols is 1. The Morgan fingerprint density at radius 1 is 0.905 bits per heavy atom. The molecule has 104 valence electrons. The van der Waals surface area contributed by atoms with Gasteiger partial charge in [-0.1, -0.05) is 24.3 Å². The molecule has 0 radical (unpaired) electrons. The number of aryl methyl sites for hydroxylation is 2. The summed E-state index contributed by atoms with van der Waals surface area (Å²) in [4.78, 5) is 24.6. The van der Waals surface area contributed by atoms with Crippen LogP contribution in [0.4, 0.5) is 0 Å². The Morgan fingerprint density at radius 3 is 1.86 bits per heavy atom. The molecule has 1 aliphatic rings. The molecule has 0 saturated heterocycles. The minimum Gasteiger partial charge on any atom is -0.507 e. The number of Topliss-reactive ketones (excluding diaryl/α,β-unsaturated/α-hetero) is 2. The number of fused-ring (bicyclic) bond motifs is 1. The number of hydrogen-bond acceptors (Lipinski definition) is 3. The summed E-state index contributed by atoms with van der Waals surface area (Å²) in [5.74, 6) is -0.234. The lowest BCUT2D eigenvalue weighted by molar-refractivity contribution is 0.0990. The fourth-order valence-electron chi connectivity index (χ4n) is 2.64. The molecule has 1 N–H and O–H groups in total. The molecule has 3 heteroatoms. The summed E-state index contributed by atoms with van der Waals surface area (Å²) in [6.07, 6.45) is 1.60. The van der Waals surface area contributed by atoms with Gasteiger partial charge >= 0.3 is 0 Å². The zero-order chi connectivity index (χ0) is 15.1. The monoisotopic (exact) mass is 278 g/mol. The second-order valence-corrected chi connectivity index (χ2v) is 5.27. The molecule has 0 bridgehead atoms. The first kappa shape index (κ1) is 13.3. The molecular formula is C18H14O3. The first-order valence-electron chi connectivity index (χ1n) is 6.69. The van der Waals surface area contributed by atoms with E-state index in [4.69, 9.17) is 0 Å². The summed E-state index contributed by atoms with van der Waals surface area (Å²) in [5.41, 5.74) is 3.28. The van der Waals surface area contributed by atoms with E-state index in [2.05, 4.69) is 0 Å². The Hall–Kier alpha value is -2.68. The van der Waals surface area contributed by atoms with Crippen LogP contribution in [0.3, 0.4) is 0 Å². The third-order valence-electron chi connectivity index (χ3n) is 3.73. The first-order chi connectivity index (χ1) is 9.99. The molecule has 0 aliphatic heterocycles. The Morgan fingerprint density at radius 2 is 1.38 bits per heavy atom. The quantitative estimate of drug-likeness (QED) is 0.642. The highest BCUT2D eigenvalue weighted by Crippen LogP contribution is 2.29. The Balaban J connectivity index is 2.11. The van der Waals surface area contributed by atoms with E-state index in [1.165, 1.54) is 0 Å². The van der Waals surface area contributed by atoms with E-state index in [9.17, 15) is 14.7 Å². The van der Waals surface area contributed by atoms with Gasteiger partial charge in [-0.05, 0) is 48.7 Å². The highest BCUT2D eigenvalue weighted by Gasteiger charge is 2.32. The van der Waals surface area contributed by atoms with Crippen LogP contribution in [0, 0.1) is 13.8 Å². The summed E-state index contributed by atoms with van der Waals surface area (Å²) in [7, 11) is 0. The third kappa shape index (κ3) is 2.07. The largest absolute Gasteiger partial charge is 0.507 e. The van der Waals surface area contributed by atoms with Gasteiger partial charge in [-0.2, -0.15) is 0 Å². The molecular weight excluding hydrogens is 264 g/mol. The van der Waals surface area contributed by atoms with E-state index in [0.717, 1.165) is 16.7 Å². The van der Waals surface area contributed by atoms with Crippen LogP contribution in [0.2, 0.25) is 0 Å². The van der Waals surface area contributed by atoms with Crippen molar-refractivity contribution in [1.82, 2.24) is 0 Å². The standard InChI is InChI=1S/C18H14O3/c1-10-7-12(8-11(2)16(10)19)9-15-17(20)13-5-3-4-6-14(13)18(15)21/h3-9,19H,1-2H3. The van der Waals surface area contributed by atoms with Gasteiger partial charge in [0, 0.05) is 11.1 Å². The number of carbonyl (C=O) groups excluding carboxylic acids is 2. The molecule has 0 fully saturated rings. The summed E-state index contributed by atoms with van der Waals surface area (Å²) in [6, 6.07) is 10.4. The Labute approximate surface area is 122 Å². The SMILES string of the molecule is Cc1cc(C=C2C(=O)c3ccccc3C2=O)cc(C)c1O. The average Bonchev–Trinajstić information content (AvgIpc) is 2.70. The van der Waals surface area contributed by atoms with Gasteiger partial charge in [-0.3, -0.25) is 9.59 Å². The second-order valence-electron chi connectivity index (χ2n) is 5.27. The number of benzene rings is 2. The predicted octanol–water partition coefficient (Wildman–Crippen LogP) is 3.47. The zero-order valence-corrected chi connectivity index (χ0v) is 11.8. The molecule has 0 amide bonds. The molecule has 2 aromatic rings. The van der Waals surface area contributed by atoms with Crippen LogP contribution >= 0.6 is 0 Å². The van der Waals surface area contributed by atoms with Crippen LogP contribution in [0.25, 0.3) is 6.08 Å². The van der Waals surface area contributed by atoms with E-state index < -0.39 is 0 Å². The molecule has 0 unspecified atom stereocenters. The van der Waals surface area contributed by atoms with Gasteiger partial charge in [-0.25, -0.2) is 0 Å². The molecule has 0 spiro atoms. The van der Waals surface area contributed by atoms with Crippen molar-refractivity contribution in [2.45, 2.75) is 13.8 Å². The van der Waals surface area contributed by atoms with Crippen molar-refractivity contribution in [3.05, 3.63) is 69.8 Å². The molecule has 0 heterocycles. The number of carbonyl (C=O) groups is 2. The van der Waals surface area contributed by atoms with Crippen molar-refractivity contribution >= 4 is 17.6 Å². The van der Waals surface area contributed by atoms with Gasteiger partial charge in [0.1, 0.15) is 5.75 Å². The van der Waals surface area contributed by atoms with Crippen LogP contribution in [-0.4, -0.2) is 16.7 Å². The van der Waals surface area contributed by atoms with Crippen molar-refractivity contribution in [1.29, 1.82) is 0 Å². The normalized spacial score (nSPS) is 13.5. The van der Waals surface area contributed by atoms with Crippen LogP contribution < -0.4 is 0 Å². The highest BCUT2D eigenvalue weighted by atomic mass is 16.3. The summed E-state index contributed by atoms with van der Waals surface area (Å²) < 4.78 is 0. The number of aromatic hydroxyl groups is 1. The van der Waals surface area contributed by atoms with Crippen molar-refractivity contribution < 1.29 is 14.7 Å². The van der Waals surface area contributed by atoms with Crippen LogP contribution in [0.15, 0.2) is 42.0 Å². The lowest BCUT2D eigenvalue weighted by atomic mass is 10.0. The van der Waals surface area contributed by atoms with E-state index in [0.29, 0.717) is 11.1 Å². The van der Waals surface area contributed by atoms with Crippen LogP contribution in [0.5, 0.6) is 5.75 Å². The lowest BCUT2D eigenvalue weighted by Crippen LogP contribution is -2.00. The van der Waals surface area contributed by atoms with Crippen LogP contribution in [-0.2, 0) is 0 Å². The third-order valence-corrected chi connectivity index (χ3v) is 3.73. The molecule has 3 rings (SSSR count). The van der Waals surface area contributed by atoms with Gasteiger partial charge in [0.15, 0.2) is 11.6 Å². The summed E-state index contributed by atoms with van der Waals surface area (Å²) in [5, 5.41) is 9.78. The lowest BCUT2D eigenvalue weighted by Gasteiger charge is -2.05. The smallest absolute Gasteiger partial charge is 0.197 e. The van der Waals surface area contributed by atoms with Gasteiger partial charge in [0.2, 0.25) is 0 Å². The van der Waals surface area contributed by atoms with E-state index in [1.807, 2.05) is 0 Å². The zero-order valence-electron chi connectivity index (χ0n) is 11.8. The Bertz CT molecular complexity index is 753. The topological polar surface area (TPSA) is 54.4 Å². The fraction of sp³-hybridized carbons (Fsp3) is 0.111. The van der Waals surface area contributed by atoms with Gasteiger partial charge < -0.3 is 5.11 Å². The van der Waals surface area contributed by atoms with Gasteiger partial charge in [0.25, 0.3) is 0 Å². The van der Waals surface area contributed by atoms with Crippen LogP contribution in [0.1, 0.15) is 37.4 Å². The highest BCUT2D eigenvalue weighted by molar-refractivity contribution is 6.41. The maximum atomic E-state index is 12.3. The molecule has 1 aliphatic carbocycles. The van der Waals surface area contributed by atoms with Gasteiger partial charge in [-0.15, -0.1) is 0 Å². The number of ketones is 2. The maximum Gasteiger partial charge on any atom is 0.197 e. The molecule has 0 saturated carbocycles. The summed E-state index contributed by atoms with van der Waals surface area (Å²) in [6.45, 7) is 3.58. The minimum absolute atomic E-state index is 0.181. The average molecular weight is 278 g/mol. The minimum atomic E-state index is -0.237. The molecule has 0 atom stereocenters. The number of phenolic OH excluding ortho intramolecular Hbond substituents is 1. The second kappa shape index (κ2) is 4.70. The van der Waals surface area contributed by atoms with Crippen molar-refractivity contribution in [3.8, 4) is 5.75 Å². The predicted molar refractivity (Wildman–Crippen MR) is 80.7 cm³/mol. The number of rotatable bonds is 1. The first-order valence-corrected chi connectivity index (χ1v) is 6.69. The van der Waals surface area contributed by atoms with Gasteiger partial charge in [0.05, 0.1) is 5.57 Å². The van der Waals surface area contributed by atoms with E-state index in [-0.39, 0.29) is 22.9 Å². The molecule has 0 aromatic heterocycles. The number of hydrogen-bond donors (Lipinski definition) is 1. The number of allylic oxidation sites excluding steroid dienone is 1. The Kier molecular flexibility index (Phi) is 2.98. The summed E-state index contributed by atoms with van der Waals surface area (Å²) >= 11 is 0. The molecule has 21 heavy (non-hydrogen) atoms. The van der Waals surface area contributed by atoms with E-state index >= 15 is 0 Å². The molecule has 3 nitrogen and oxygen atoms in total. The van der Waals surface area contributed by atoms with Crippen molar-refractivity contribution in [3.63, 3.8) is 0 Å².